The molecular weight excluding hydrogens is 196 g/mol. The molecule has 1 N–H and O–H groups in total. The van der Waals surface area contributed by atoms with E-state index in [0.29, 0.717) is 6.04 Å². The Labute approximate surface area is 102 Å². The van der Waals surface area contributed by atoms with Gasteiger partial charge in [-0.25, -0.2) is 0 Å². The van der Waals surface area contributed by atoms with E-state index in [1.165, 1.54) is 32.4 Å². The van der Waals surface area contributed by atoms with Crippen molar-refractivity contribution in [2.75, 3.05) is 19.6 Å². The molecule has 0 amide bonds. The van der Waals surface area contributed by atoms with Crippen LogP contribution in [-0.2, 0) is 0 Å². The van der Waals surface area contributed by atoms with Crippen LogP contribution >= 0.6 is 0 Å². The molecule has 1 rings (SSSR count). The molecule has 1 heterocycles. The quantitative estimate of drug-likeness (QED) is 0.749. The van der Waals surface area contributed by atoms with Crippen molar-refractivity contribution in [2.24, 2.45) is 5.92 Å². The lowest BCUT2D eigenvalue weighted by molar-refractivity contribution is 0.223. The van der Waals surface area contributed by atoms with Gasteiger partial charge in [0.15, 0.2) is 0 Å². The monoisotopic (exact) mass is 226 g/mol. The minimum Gasteiger partial charge on any atom is -0.310 e. The highest BCUT2D eigenvalue weighted by atomic mass is 15.2. The summed E-state index contributed by atoms with van der Waals surface area (Å²) in [4.78, 5) is 2.65. The zero-order valence-electron chi connectivity index (χ0n) is 11.8. The van der Waals surface area contributed by atoms with E-state index < -0.39 is 0 Å². The van der Waals surface area contributed by atoms with Crippen molar-refractivity contribution in [3.8, 4) is 0 Å². The van der Waals surface area contributed by atoms with Gasteiger partial charge in [0.2, 0.25) is 0 Å². The summed E-state index contributed by atoms with van der Waals surface area (Å²) in [5.74, 6) is 0.946. The van der Waals surface area contributed by atoms with Crippen molar-refractivity contribution in [3.63, 3.8) is 0 Å². The van der Waals surface area contributed by atoms with Gasteiger partial charge in [-0.05, 0) is 46.1 Å². The van der Waals surface area contributed by atoms with Gasteiger partial charge in [0.1, 0.15) is 0 Å². The second kappa shape index (κ2) is 6.02. The first kappa shape index (κ1) is 14.0. The zero-order chi connectivity index (χ0) is 12.2. The topological polar surface area (TPSA) is 15.3 Å². The van der Waals surface area contributed by atoms with Gasteiger partial charge in [-0.3, -0.25) is 4.90 Å². The maximum atomic E-state index is 3.68. The van der Waals surface area contributed by atoms with Crippen LogP contribution in [0.15, 0.2) is 0 Å². The number of likely N-dealkylation sites (tertiary alicyclic amines) is 1. The largest absolute Gasteiger partial charge is 0.310 e. The van der Waals surface area contributed by atoms with E-state index in [2.05, 4.69) is 44.8 Å². The fourth-order valence-electron chi connectivity index (χ4n) is 2.27. The van der Waals surface area contributed by atoms with Crippen LogP contribution in [0.1, 0.15) is 53.9 Å². The molecule has 1 aliphatic rings. The lowest BCUT2D eigenvalue weighted by Gasteiger charge is -2.30. The van der Waals surface area contributed by atoms with Gasteiger partial charge in [-0.15, -0.1) is 0 Å². The molecule has 0 radical (unpaired) electrons. The molecule has 0 aliphatic carbocycles. The van der Waals surface area contributed by atoms with Crippen molar-refractivity contribution in [1.82, 2.24) is 10.2 Å². The number of hydrogen-bond acceptors (Lipinski definition) is 2. The molecule has 2 atom stereocenters. The fourth-order valence-corrected chi connectivity index (χ4v) is 2.27. The Morgan fingerprint density at radius 2 is 2.06 bits per heavy atom. The van der Waals surface area contributed by atoms with E-state index in [-0.39, 0.29) is 5.54 Å². The summed E-state index contributed by atoms with van der Waals surface area (Å²) in [5.41, 5.74) is 0.290. The predicted octanol–water partition coefficient (Wildman–Crippen LogP) is 2.89. The molecule has 2 unspecified atom stereocenters. The third-order valence-corrected chi connectivity index (χ3v) is 4.28. The molecule has 0 aromatic carbocycles. The first-order chi connectivity index (χ1) is 7.48. The Morgan fingerprint density at radius 1 is 1.38 bits per heavy atom. The SMILES string of the molecule is CCC1CCN(C(C)CNC(C)(C)CC)C1. The summed E-state index contributed by atoms with van der Waals surface area (Å²) >= 11 is 0. The Balaban J connectivity index is 2.28. The second-order valence-electron chi connectivity index (χ2n) is 6.03. The lowest BCUT2D eigenvalue weighted by atomic mass is 10.0. The third kappa shape index (κ3) is 4.06. The van der Waals surface area contributed by atoms with Gasteiger partial charge in [-0.2, -0.15) is 0 Å². The van der Waals surface area contributed by atoms with Crippen LogP contribution in [0.3, 0.4) is 0 Å². The number of nitrogens with zero attached hydrogens (tertiary/aromatic N) is 1. The van der Waals surface area contributed by atoms with E-state index >= 15 is 0 Å². The molecule has 0 aromatic rings. The predicted molar refractivity (Wildman–Crippen MR) is 71.8 cm³/mol. The maximum Gasteiger partial charge on any atom is 0.0192 e. The molecule has 16 heavy (non-hydrogen) atoms. The second-order valence-corrected chi connectivity index (χ2v) is 6.03. The molecule has 2 heteroatoms. The van der Waals surface area contributed by atoms with Gasteiger partial charge in [0.25, 0.3) is 0 Å². The molecule has 0 spiro atoms. The molecule has 0 bridgehead atoms. The average molecular weight is 226 g/mol. The third-order valence-electron chi connectivity index (χ3n) is 4.28. The highest BCUT2D eigenvalue weighted by Gasteiger charge is 2.25. The molecule has 2 nitrogen and oxygen atoms in total. The van der Waals surface area contributed by atoms with Gasteiger partial charge in [0.05, 0.1) is 0 Å². The summed E-state index contributed by atoms with van der Waals surface area (Å²) in [5, 5.41) is 3.68. The first-order valence-electron chi connectivity index (χ1n) is 6.97. The van der Waals surface area contributed by atoms with Crippen LogP contribution in [0.25, 0.3) is 0 Å². The van der Waals surface area contributed by atoms with Crippen molar-refractivity contribution < 1.29 is 0 Å². The molecule has 0 aromatic heterocycles. The van der Waals surface area contributed by atoms with Crippen molar-refractivity contribution in [3.05, 3.63) is 0 Å². The van der Waals surface area contributed by atoms with Crippen molar-refractivity contribution in [1.29, 1.82) is 0 Å². The standard InChI is InChI=1S/C14H30N2/c1-6-13-8-9-16(11-13)12(3)10-15-14(4,5)7-2/h12-13,15H,6-11H2,1-5H3. The molecular formula is C14H30N2. The maximum absolute atomic E-state index is 3.68. The first-order valence-corrected chi connectivity index (χ1v) is 6.97. The zero-order valence-corrected chi connectivity index (χ0v) is 11.8. The van der Waals surface area contributed by atoms with Gasteiger partial charge >= 0.3 is 0 Å². The van der Waals surface area contributed by atoms with Crippen LogP contribution in [0.2, 0.25) is 0 Å². The van der Waals surface area contributed by atoms with Crippen molar-refractivity contribution in [2.45, 2.75) is 65.5 Å². The van der Waals surface area contributed by atoms with E-state index in [1.54, 1.807) is 0 Å². The summed E-state index contributed by atoms with van der Waals surface area (Å²) in [7, 11) is 0. The summed E-state index contributed by atoms with van der Waals surface area (Å²) in [6.45, 7) is 15.2. The van der Waals surface area contributed by atoms with Crippen LogP contribution in [0.5, 0.6) is 0 Å². The van der Waals surface area contributed by atoms with Crippen LogP contribution in [-0.4, -0.2) is 36.1 Å². The minimum atomic E-state index is 0.290. The van der Waals surface area contributed by atoms with E-state index in [1.807, 2.05) is 0 Å². The molecule has 0 saturated carbocycles. The summed E-state index contributed by atoms with van der Waals surface area (Å²) in [6, 6.07) is 0.683. The number of rotatable bonds is 6. The fraction of sp³-hybridized carbons (Fsp3) is 1.00. The van der Waals surface area contributed by atoms with Gasteiger partial charge < -0.3 is 5.32 Å². The van der Waals surface area contributed by atoms with E-state index in [9.17, 15) is 0 Å². The number of nitrogens with one attached hydrogen (secondary N) is 1. The number of hydrogen-bond donors (Lipinski definition) is 1. The Morgan fingerprint density at radius 3 is 2.56 bits per heavy atom. The van der Waals surface area contributed by atoms with Gasteiger partial charge in [-0.1, -0.05) is 20.3 Å². The van der Waals surface area contributed by atoms with Crippen LogP contribution in [0, 0.1) is 5.92 Å². The highest BCUT2D eigenvalue weighted by molar-refractivity contribution is 4.83. The average Bonchev–Trinajstić information content (AvgIpc) is 2.74. The molecule has 1 aliphatic heterocycles. The Kier molecular flexibility index (Phi) is 5.26. The van der Waals surface area contributed by atoms with Crippen LogP contribution < -0.4 is 5.32 Å². The normalized spacial score (nSPS) is 24.9. The lowest BCUT2D eigenvalue weighted by Crippen LogP contribution is -2.46. The summed E-state index contributed by atoms with van der Waals surface area (Å²) < 4.78 is 0. The molecule has 96 valence electrons. The smallest absolute Gasteiger partial charge is 0.0192 e. The van der Waals surface area contributed by atoms with Gasteiger partial charge in [0, 0.05) is 24.7 Å². The van der Waals surface area contributed by atoms with Crippen molar-refractivity contribution >= 4 is 0 Å². The molecule has 1 saturated heterocycles. The van der Waals surface area contributed by atoms with Crippen LogP contribution in [0.4, 0.5) is 0 Å². The van der Waals surface area contributed by atoms with E-state index in [0.717, 1.165) is 12.5 Å². The molecule has 1 fully saturated rings. The highest BCUT2D eigenvalue weighted by Crippen LogP contribution is 2.21. The van der Waals surface area contributed by atoms with E-state index in [4.69, 9.17) is 0 Å². The minimum absolute atomic E-state index is 0.290. The Bertz CT molecular complexity index is 201. The Hall–Kier alpha value is -0.0800. The summed E-state index contributed by atoms with van der Waals surface area (Å²) in [6.07, 6.45) is 3.94.